The van der Waals surface area contributed by atoms with Crippen LogP contribution in [0, 0.1) is 0 Å². The van der Waals surface area contributed by atoms with Gasteiger partial charge in [-0.3, -0.25) is 4.79 Å². The molecule has 1 amide bonds. The van der Waals surface area contributed by atoms with Crippen molar-refractivity contribution in [1.82, 2.24) is 0 Å². The van der Waals surface area contributed by atoms with Crippen LogP contribution in [0.5, 0.6) is 5.75 Å². The molecule has 0 spiro atoms. The SMILES string of the molecule is CSc1ccccc1NC(=O)COc1ccc(CN)cc1. The summed E-state index contributed by atoms with van der Waals surface area (Å²) in [5, 5.41) is 2.85. The van der Waals surface area contributed by atoms with Crippen molar-refractivity contribution in [3.63, 3.8) is 0 Å². The van der Waals surface area contributed by atoms with E-state index in [1.165, 1.54) is 0 Å². The van der Waals surface area contributed by atoms with E-state index >= 15 is 0 Å². The molecule has 4 nitrogen and oxygen atoms in total. The predicted octanol–water partition coefficient (Wildman–Crippen LogP) is 2.88. The van der Waals surface area contributed by atoms with E-state index in [-0.39, 0.29) is 12.5 Å². The molecular weight excluding hydrogens is 284 g/mol. The summed E-state index contributed by atoms with van der Waals surface area (Å²) in [6.45, 7) is 0.469. The summed E-state index contributed by atoms with van der Waals surface area (Å²) in [6.07, 6.45) is 1.97. The van der Waals surface area contributed by atoms with Crippen LogP contribution in [0.25, 0.3) is 0 Å². The van der Waals surface area contributed by atoms with E-state index in [1.54, 1.807) is 11.8 Å². The Hall–Kier alpha value is -1.98. The molecule has 3 N–H and O–H groups in total. The highest BCUT2D eigenvalue weighted by Crippen LogP contribution is 2.24. The molecule has 0 aromatic heterocycles. The first-order valence-corrected chi connectivity index (χ1v) is 7.80. The Morgan fingerprint density at radius 1 is 1.19 bits per heavy atom. The highest BCUT2D eigenvalue weighted by Gasteiger charge is 2.06. The zero-order valence-corrected chi connectivity index (χ0v) is 12.7. The van der Waals surface area contributed by atoms with E-state index in [9.17, 15) is 4.79 Å². The molecule has 0 bridgehead atoms. The van der Waals surface area contributed by atoms with Crippen molar-refractivity contribution >= 4 is 23.4 Å². The average Bonchev–Trinajstić information content (AvgIpc) is 2.54. The molecule has 0 unspecified atom stereocenters. The van der Waals surface area contributed by atoms with Gasteiger partial charge >= 0.3 is 0 Å². The van der Waals surface area contributed by atoms with Gasteiger partial charge in [0.05, 0.1) is 5.69 Å². The fraction of sp³-hybridized carbons (Fsp3) is 0.188. The van der Waals surface area contributed by atoms with Crippen molar-refractivity contribution in [3.05, 3.63) is 54.1 Å². The second-order valence-electron chi connectivity index (χ2n) is 4.39. The lowest BCUT2D eigenvalue weighted by molar-refractivity contribution is -0.118. The van der Waals surface area contributed by atoms with Crippen LogP contribution in [-0.2, 0) is 11.3 Å². The monoisotopic (exact) mass is 302 g/mol. The molecule has 2 aromatic carbocycles. The van der Waals surface area contributed by atoms with Gasteiger partial charge in [0.1, 0.15) is 5.75 Å². The Kier molecular flexibility index (Phi) is 5.66. The summed E-state index contributed by atoms with van der Waals surface area (Å²) in [4.78, 5) is 12.9. The number of amides is 1. The number of para-hydroxylation sites is 1. The third kappa shape index (κ3) is 4.51. The maximum atomic E-state index is 11.9. The van der Waals surface area contributed by atoms with Gasteiger partial charge in [0.25, 0.3) is 5.91 Å². The normalized spacial score (nSPS) is 10.2. The van der Waals surface area contributed by atoms with Gasteiger partial charge in [0, 0.05) is 11.4 Å². The Bertz CT molecular complexity index is 599. The van der Waals surface area contributed by atoms with Crippen molar-refractivity contribution in [2.45, 2.75) is 11.4 Å². The molecule has 110 valence electrons. The molecule has 0 aliphatic carbocycles. The van der Waals surface area contributed by atoms with Crippen molar-refractivity contribution in [3.8, 4) is 5.75 Å². The number of anilines is 1. The van der Waals surface area contributed by atoms with Gasteiger partial charge < -0.3 is 15.8 Å². The number of carbonyl (C=O) groups is 1. The van der Waals surface area contributed by atoms with Crippen molar-refractivity contribution in [2.24, 2.45) is 5.73 Å². The standard InChI is InChI=1S/C16H18N2O2S/c1-21-15-5-3-2-4-14(15)18-16(19)11-20-13-8-6-12(10-17)7-9-13/h2-9H,10-11,17H2,1H3,(H,18,19). The van der Waals surface area contributed by atoms with Crippen LogP contribution < -0.4 is 15.8 Å². The van der Waals surface area contributed by atoms with Crippen LogP contribution in [0.4, 0.5) is 5.69 Å². The molecule has 2 aromatic rings. The second-order valence-corrected chi connectivity index (χ2v) is 5.23. The maximum absolute atomic E-state index is 11.9. The third-order valence-corrected chi connectivity index (χ3v) is 3.71. The van der Waals surface area contributed by atoms with Gasteiger partial charge in [0.15, 0.2) is 6.61 Å². The van der Waals surface area contributed by atoms with Crippen LogP contribution >= 0.6 is 11.8 Å². The first kappa shape index (κ1) is 15.4. The molecule has 0 radical (unpaired) electrons. The summed E-state index contributed by atoms with van der Waals surface area (Å²) in [5.74, 6) is 0.472. The second kappa shape index (κ2) is 7.71. The lowest BCUT2D eigenvalue weighted by Gasteiger charge is -2.10. The zero-order chi connectivity index (χ0) is 15.1. The van der Waals surface area contributed by atoms with E-state index < -0.39 is 0 Å². The first-order chi connectivity index (χ1) is 10.2. The summed E-state index contributed by atoms with van der Waals surface area (Å²) >= 11 is 1.59. The highest BCUT2D eigenvalue weighted by molar-refractivity contribution is 7.98. The van der Waals surface area contributed by atoms with E-state index in [4.69, 9.17) is 10.5 Å². The summed E-state index contributed by atoms with van der Waals surface area (Å²) in [6, 6.07) is 15.1. The van der Waals surface area contributed by atoms with Crippen molar-refractivity contribution < 1.29 is 9.53 Å². The van der Waals surface area contributed by atoms with Crippen molar-refractivity contribution in [2.75, 3.05) is 18.2 Å². The molecule has 5 heteroatoms. The Labute approximate surface area is 128 Å². The number of rotatable bonds is 6. The minimum absolute atomic E-state index is 0.0231. The molecule has 0 heterocycles. The summed E-state index contributed by atoms with van der Waals surface area (Å²) in [5.41, 5.74) is 7.36. The van der Waals surface area contributed by atoms with E-state index in [0.29, 0.717) is 12.3 Å². The van der Waals surface area contributed by atoms with Crippen LogP contribution in [-0.4, -0.2) is 18.8 Å². The van der Waals surface area contributed by atoms with Crippen molar-refractivity contribution in [1.29, 1.82) is 0 Å². The Morgan fingerprint density at radius 2 is 1.90 bits per heavy atom. The molecule has 0 aliphatic rings. The fourth-order valence-corrected chi connectivity index (χ4v) is 2.36. The van der Waals surface area contributed by atoms with Crippen LogP contribution in [0.1, 0.15) is 5.56 Å². The van der Waals surface area contributed by atoms with Crippen LogP contribution in [0.2, 0.25) is 0 Å². The lowest BCUT2D eigenvalue weighted by Crippen LogP contribution is -2.20. The van der Waals surface area contributed by atoms with Crippen LogP contribution in [0.3, 0.4) is 0 Å². The van der Waals surface area contributed by atoms with E-state index in [0.717, 1.165) is 16.1 Å². The minimum atomic E-state index is -0.181. The quantitative estimate of drug-likeness (QED) is 0.805. The van der Waals surface area contributed by atoms with E-state index in [2.05, 4.69) is 5.32 Å². The van der Waals surface area contributed by atoms with Crippen LogP contribution in [0.15, 0.2) is 53.4 Å². The largest absolute Gasteiger partial charge is 0.484 e. The number of ether oxygens (including phenoxy) is 1. The number of nitrogens with two attached hydrogens (primary N) is 1. The molecule has 0 aliphatic heterocycles. The minimum Gasteiger partial charge on any atom is -0.484 e. The smallest absolute Gasteiger partial charge is 0.262 e. The molecule has 0 saturated heterocycles. The number of hydrogen-bond donors (Lipinski definition) is 2. The van der Waals surface area contributed by atoms with Gasteiger partial charge in [-0.15, -0.1) is 11.8 Å². The highest BCUT2D eigenvalue weighted by atomic mass is 32.2. The number of nitrogens with one attached hydrogen (secondary N) is 1. The van der Waals surface area contributed by atoms with Gasteiger partial charge in [-0.2, -0.15) is 0 Å². The number of benzene rings is 2. The van der Waals surface area contributed by atoms with E-state index in [1.807, 2.05) is 54.8 Å². The predicted molar refractivity (Wildman–Crippen MR) is 86.7 cm³/mol. The lowest BCUT2D eigenvalue weighted by atomic mass is 10.2. The van der Waals surface area contributed by atoms with Gasteiger partial charge in [-0.05, 0) is 36.1 Å². The Balaban J connectivity index is 1.89. The summed E-state index contributed by atoms with van der Waals surface area (Å²) < 4.78 is 5.45. The maximum Gasteiger partial charge on any atom is 0.262 e. The first-order valence-electron chi connectivity index (χ1n) is 6.57. The number of thioether (sulfide) groups is 1. The average molecular weight is 302 g/mol. The zero-order valence-electron chi connectivity index (χ0n) is 11.8. The molecule has 0 saturated carbocycles. The summed E-state index contributed by atoms with van der Waals surface area (Å²) in [7, 11) is 0. The van der Waals surface area contributed by atoms with Gasteiger partial charge in [0.2, 0.25) is 0 Å². The fourth-order valence-electron chi connectivity index (χ4n) is 1.80. The third-order valence-electron chi connectivity index (χ3n) is 2.91. The van der Waals surface area contributed by atoms with Gasteiger partial charge in [-0.25, -0.2) is 0 Å². The topological polar surface area (TPSA) is 64.3 Å². The molecule has 2 rings (SSSR count). The molecular formula is C16H18N2O2S. The molecule has 21 heavy (non-hydrogen) atoms. The number of hydrogen-bond acceptors (Lipinski definition) is 4. The number of carbonyl (C=O) groups excluding carboxylic acids is 1. The molecule has 0 fully saturated rings. The van der Waals surface area contributed by atoms with Gasteiger partial charge in [-0.1, -0.05) is 24.3 Å². The Morgan fingerprint density at radius 3 is 2.57 bits per heavy atom. The molecule has 0 atom stereocenters.